The van der Waals surface area contributed by atoms with Crippen molar-refractivity contribution in [3.8, 4) is 11.8 Å². The predicted octanol–water partition coefficient (Wildman–Crippen LogP) is 4.38. The van der Waals surface area contributed by atoms with Crippen molar-refractivity contribution in [3.63, 3.8) is 0 Å². The van der Waals surface area contributed by atoms with Crippen LogP contribution in [-0.2, 0) is 9.59 Å². The molecule has 2 N–H and O–H groups in total. The number of amides is 2. The zero-order valence-corrected chi connectivity index (χ0v) is 22.3. The van der Waals surface area contributed by atoms with Crippen LogP contribution in [-0.4, -0.2) is 58.1 Å². The number of carboxylic acids is 1. The second-order valence-electron chi connectivity index (χ2n) is 11.1. The average molecular weight is 503 g/mol. The maximum absolute atomic E-state index is 13.9. The molecule has 0 spiro atoms. The molecule has 0 aromatic carbocycles. The topological polar surface area (TPSA) is 98.2 Å². The quantitative estimate of drug-likeness (QED) is 0.583. The van der Waals surface area contributed by atoms with E-state index in [4.69, 9.17) is 0 Å². The molecule has 1 aromatic rings. The van der Waals surface area contributed by atoms with E-state index in [1.807, 2.05) is 20.8 Å². The van der Waals surface area contributed by atoms with E-state index >= 15 is 0 Å². The molecule has 2 heterocycles. The van der Waals surface area contributed by atoms with Crippen molar-refractivity contribution in [1.82, 2.24) is 4.90 Å². The number of carbonyl (C=O) groups is 3. The van der Waals surface area contributed by atoms with Gasteiger partial charge >= 0.3 is 5.97 Å². The van der Waals surface area contributed by atoms with Crippen LogP contribution in [0.1, 0.15) is 87.7 Å². The average Bonchev–Trinajstić information content (AvgIpc) is 3.21. The van der Waals surface area contributed by atoms with Gasteiger partial charge in [-0.05, 0) is 78.2 Å². The second-order valence-corrected chi connectivity index (χ2v) is 12.1. The Balaban J connectivity index is 2.02. The highest BCUT2D eigenvalue weighted by atomic mass is 32.1. The molecular formula is C27H38N2O5S. The van der Waals surface area contributed by atoms with E-state index < -0.39 is 18.1 Å². The van der Waals surface area contributed by atoms with E-state index in [2.05, 4.69) is 18.8 Å². The first kappa shape index (κ1) is 27.2. The van der Waals surface area contributed by atoms with Gasteiger partial charge in [-0.25, -0.2) is 4.79 Å². The third-order valence-corrected chi connectivity index (χ3v) is 7.81. The van der Waals surface area contributed by atoms with E-state index in [0.29, 0.717) is 30.2 Å². The van der Waals surface area contributed by atoms with Crippen molar-refractivity contribution in [3.05, 3.63) is 15.8 Å². The van der Waals surface area contributed by atoms with Crippen molar-refractivity contribution in [2.45, 2.75) is 85.3 Å². The maximum atomic E-state index is 13.9. The summed E-state index contributed by atoms with van der Waals surface area (Å²) in [6, 6.07) is 0.758. The zero-order valence-electron chi connectivity index (χ0n) is 21.5. The minimum atomic E-state index is -1.14. The van der Waals surface area contributed by atoms with Gasteiger partial charge in [0.15, 0.2) is 0 Å². The number of carbonyl (C=O) groups excluding carboxylic acids is 2. The number of carboxylic acid groups (broad SMARTS) is 1. The zero-order chi connectivity index (χ0) is 25.9. The van der Waals surface area contributed by atoms with Crippen molar-refractivity contribution >= 4 is 34.8 Å². The molecule has 0 bridgehead atoms. The summed E-state index contributed by atoms with van der Waals surface area (Å²) >= 11 is 1.03. The number of hydrogen-bond acceptors (Lipinski definition) is 5. The summed E-state index contributed by atoms with van der Waals surface area (Å²) in [6.45, 7) is 10.5. The second kappa shape index (κ2) is 11.1. The molecule has 0 radical (unpaired) electrons. The number of aliphatic hydroxyl groups is 1. The number of aromatic carboxylic acids is 1. The molecule has 1 aliphatic heterocycles. The molecule has 1 aliphatic carbocycles. The Labute approximate surface area is 212 Å². The van der Waals surface area contributed by atoms with Gasteiger partial charge in [0.1, 0.15) is 10.9 Å². The molecule has 1 aromatic heterocycles. The molecule has 192 valence electrons. The van der Waals surface area contributed by atoms with Crippen molar-refractivity contribution in [2.24, 2.45) is 17.3 Å². The lowest BCUT2D eigenvalue weighted by molar-refractivity contribution is -0.137. The lowest BCUT2D eigenvalue weighted by Gasteiger charge is -2.38. The number of likely N-dealkylation sites (tertiary alicyclic amines) is 1. The van der Waals surface area contributed by atoms with Crippen LogP contribution < -0.4 is 4.90 Å². The van der Waals surface area contributed by atoms with Gasteiger partial charge in [0.2, 0.25) is 11.8 Å². The van der Waals surface area contributed by atoms with E-state index in [1.165, 1.54) is 4.90 Å². The molecule has 1 saturated carbocycles. The fourth-order valence-electron chi connectivity index (χ4n) is 4.78. The summed E-state index contributed by atoms with van der Waals surface area (Å²) in [7, 11) is 0. The summed E-state index contributed by atoms with van der Waals surface area (Å²) < 4.78 is 0. The largest absolute Gasteiger partial charge is 0.477 e. The number of β-amino-alcohol motifs (C(OH)–C–C–N with tert-alkyl or cyclic N) is 1. The Kier molecular flexibility index (Phi) is 8.66. The highest BCUT2D eigenvalue weighted by molar-refractivity contribution is 7.15. The van der Waals surface area contributed by atoms with Crippen LogP contribution in [0.25, 0.3) is 0 Å². The van der Waals surface area contributed by atoms with Crippen LogP contribution in [0.15, 0.2) is 6.07 Å². The molecular weight excluding hydrogens is 464 g/mol. The lowest BCUT2D eigenvalue weighted by Crippen LogP contribution is -2.54. The standard InChI is InChI=1S/C27H38N2O5S/c1-17-8-10-19(11-9-17)25(32)29(18(2)24(31)28-14-6-7-20(30)16-28)22-15-21(12-13-27(3,4)5)35-23(22)26(33)34/h15,17-20,30H,6-11,14,16H2,1-5H3,(H,33,34)/t17-,18-,19-,20?/m0/s1. The Morgan fingerprint density at radius 1 is 1.17 bits per heavy atom. The summed E-state index contributed by atoms with van der Waals surface area (Å²) in [5.41, 5.74) is -0.0251. The lowest BCUT2D eigenvalue weighted by atomic mass is 9.82. The number of hydrogen-bond donors (Lipinski definition) is 2. The maximum Gasteiger partial charge on any atom is 0.348 e. The molecule has 2 atom stereocenters. The monoisotopic (exact) mass is 502 g/mol. The molecule has 2 aliphatic rings. The molecule has 1 unspecified atom stereocenters. The summed E-state index contributed by atoms with van der Waals surface area (Å²) in [5, 5.41) is 20.1. The van der Waals surface area contributed by atoms with E-state index in [1.54, 1.807) is 17.9 Å². The predicted molar refractivity (Wildman–Crippen MR) is 138 cm³/mol. The van der Waals surface area contributed by atoms with E-state index in [0.717, 1.165) is 37.0 Å². The summed E-state index contributed by atoms with van der Waals surface area (Å²) in [4.78, 5) is 43.2. The Morgan fingerprint density at radius 3 is 2.40 bits per heavy atom. The van der Waals surface area contributed by atoms with Gasteiger partial charge in [0.05, 0.1) is 16.7 Å². The number of rotatable bonds is 5. The van der Waals surface area contributed by atoms with Crippen LogP contribution in [0.2, 0.25) is 0 Å². The van der Waals surface area contributed by atoms with Gasteiger partial charge in [0.25, 0.3) is 0 Å². The van der Waals surface area contributed by atoms with Gasteiger partial charge in [-0.15, -0.1) is 11.3 Å². The molecule has 3 rings (SSSR count). The van der Waals surface area contributed by atoms with Gasteiger partial charge < -0.3 is 15.1 Å². The molecule has 7 nitrogen and oxygen atoms in total. The van der Waals surface area contributed by atoms with Crippen molar-refractivity contribution < 1.29 is 24.6 Å². The SMILES string of the molecule is C[C@@H](C(=O)N1CCCC(O)C1)N(c1cc(C#CC(C)(C)C)sc1C(=O)O)C(=O)[C@H]1CC[C@H](C)CC1. The highest BCUT2D eigenvalue weighted by Crippen LogP contribution is 2.36. The van der Waals surface area contributed by atoms with Crippen LogP contribution in [0.5, 0.6) is 0 Å². The fourth-order valence-corrected chi connectivity index (χ4v) is 5.62. The van der Waals surface area contributed by atoms with E-state index in [-0.39, 0.29) is 40.3 Å². The fraction of sp³-hybridized carbons (Fsp3) is 0.667. The van der Waals surface area contributed by atoms with Crippen LogP contribution in [0.3, 0.4) is 0 Å². The minimum Gasteiger partial charge on any atom is -0.477 e. The summed E-state index contributed by atoms with van der Waals surface area (Å²) in [5.74, 6) is 4.86. The highest BCUT2D eigenvalue weighted by Gasteiger charge is 2.38. The Morgan fingerprint density at radius 2 is 1.83 bits per heavy atom. The summed E-state index contributed by atoms with van der Waals surface area (Å²) in [6.07, 6.45) is 4.07. The van der Waals surface area contributed by atoms with E-state index in [9.17, 15) is 24.6 Å². The molecule has 1 saturated heterocycles. The minimum absolute atomic E-state index is 0.0130. The Bertz CT molecular complexity index is 1010. The molecule has 8 heteroatoms. The van der Waals surface area contributed by atoms with Crippen LogP contribution in [0, 0.1) is 29.1 Å². The molecule has 2 fully saturated rings. The van der Waals surface area contributed by atoms with Crippen LogP contribution >= 0.6 is 11.3 Å². The van der Waals surface area contributed by atoms with Crippen molar-refractivity contribution in [1.29, 1.82) is 0 Å². The van der Waals surface area contributed by atoms with Gasteiger partial charge in [-0.3, -0.25) is 14.5 Å². The Hall–Kier alpha value is -2.37. The van der Waals surface area contributed by atoms with Crippen molar-refractivity contribution in [2.75, 3.05) is 18.0 Å². The number of aliphatic hydroxyl groups excluding tert-OH is 1. The first-order valence-electron chi connectivity index (χ1n) is 12.6. The smallest absolute Gasteiger partial charge is 0.348 e. The normalized spacial score (nSPS) is 23.7. The van der Waals surface area contributed by atoms with Gasteiger partial charge in [0, 0.05) is 24.4 Å². The molecule has 2 amide bonds. The first-order chi connectivity index (χ1) is 16.4. The number of piperidine rings is 1. The van der Waals surface area contributed by atoms with Gasteiger partial charge in [-0.1, -0.05) is 18.8 Å². The number of anilines is 1. The third-order valence-electron chi connectivity index (χ3n) is 6.78. The first-order valence-corrected chi connectivity index (χ1v) is 13.4. The van der Waals surface area contributed by atoms with Crippen LogP contribution in [0.4, 0.5) is 5.69 Å². The number of thiophene rings is 1. The number of nitrogens with zero attached hydrogens (tertiary/aromatic N) is 2. The van der Waals surface area contributed by atoms with Gasteiger partial charge in [-0.2, -0.15) is 0 Å². The molecule has 35 heavy (non-hydrogen) atoms. The third kappa shape index (κ3) is 6.86.